The molecule has 1 atom stereocenters. The third-order valence-electron chi connectivity index (χ3n) is 4.13. The molecule has 0 aliphatic rings. The van der Waals surface area contributed by atoms with Gasteiger partial charge in [-0.2, -0.15) is 0 Å². The Kier molecular flexibility index (Phi) is 11.7. The number of nitrogens with zero attached hydrogens (tertiary/aromatic N) is 1. The van der Waals surface area contributed by atoms with E-state index in [1.165, 1.54) is 51.4 Å². The Morgan fingerprint density at radius 1 is 0.857 bits per heavy atom. The summed E-state index contributed by atoms with van der Waals surface area (Å²) in [6.45, 7) is 4.21. The van der Waals surface area contributed by atoms with E-state index in [9.17, 15) is 4.79 Å². The first-order valence-corrected chi connectivity index (χ1v) is 8.88. The van der Waals surface area contributed by atoms with Crippen molar-refractivity contribution in [2.75, 3.05) is 21.1 Å². The molecule has 3 heteroatoms. The van der Waals surface area contributed by atoms with Crippen LogP contribution >= 0.6 is 0 Å². The Morgan fingerprint density at radius 3 is 1.71 bits per heavy atom. The largest absolute Gasteiger partial charge is 0.413 e. The van der Waals surface area contributed by atoms with E-state index in [4.69, 9.17) is 4.74 Å². The average Bonchev–Trinajstić information content (AvgIpc) is 2.39. The number of esters is 1. The first-order valence-electron chi connectivity index (χ1n) is 8.88. The van der Waals surface area contributed by atoms with E-state index in [-0.39, 0.29) is 12.2 Å². The lowest BCUT2D eigenvalue weighted by molar-refractivity contribution is -0.914. The van der Waals surface area contributed by atoms with Gasteiger partial charge in [-0.25, -0.2) is 0 Å². The van der Waals surface area contributed by atoms with Crippen LogP contribution in [-0.2, 0) is 9.53 Å². The van der Waals surface area contributed by atoms with Crippen LogP contribution in [0.25, 0.3) is 0 Å². The van der Waals surface area contributed by atoms with Crippen LogP contribution in [-0.4, -0.2) is 37.8 Å². The quantitative estimate of drug-likeness (QED) is 0.209. The number of carbonyl (C=O) groups is 1. The maximum absolute atomic E-state index is 11.7. The number of rotatable bonds is 13. The minimum Gasteiger partial charge on any atom is -0.413 e. The van der Waals surface area contributed by atoms with Crippen LogP contribution < -0.4 is 0 Å². The predicted octanol–water partition coefficient (Wildman–Crippen LogP) is 4.89. The summed E-state index contributed by atoms with van der Waals surface area (Å²) >= 11 is 0. The highest BCUT2D eigenvalue weighted by molar-refractivity contribution is 5.69. The highest BCUT2D eigenvalue weighted by atomic mass is 16.6. The summed E-state index contributed by atoms with van der Waals surface area (Å²) in [6.07, 6.45) is 13.4. The van der Waals surface area contributed by atoms with Crippen molar-refractivity contribution in [3.63, 3.8) is 0 Å². The van der Waals surface area contributed by atoms with Gasteiger partial charge in [0.2, 0.25) is 6.23 Å². The van der Waals surface area contributed by atoms with E-state index in [1.807, 2.05) is 28.1 Å². The zero-order chi connectivity index (χ0) is 16.1. The van der Waals surface area contributed by atoms with Gasteiger partial charge in [0.15, 0.2) is 0 Å². The molecular weight excluding hydrogens is 262 g/mol. The van der Waals surface area contributed by atoms with Crippen LogP contribution in [0.3, 0.4) is 0 Å². The summed E-state index contributed by atoms with van der Waals surface area (Å²) < 4.78 is 6.09. The molecule has 0 aromatic carbocycles. The summed E-state index contributed by atoms with van der Waals surface area (Å²) in [4.78, 5) is 11.7. The standard InChI is InChI=1S/C18H38NO2/c1-6-7-8-9-10-11-12-13-14-15-16-18(20)21-17(2)19(3,4)5/h17H,6-16H2,1-5H3/q+1. The van der Waals surface area contributed by atoms with Gasteiger partial charge in [0.25, 0.3) is 0 Å². The first-order chi connectivity index (χ1) is 9.88. The molecule has 1 unspecified atom stereocenters. The molecule has 0 spiro atoms. The Balaban J connectivity index is 3.37. The minimum absolute atomic E-state index is 0.0462. The predicted molar refractivity (Wildman–Crippen MR) is 90.0 cm³/mol. The molecule has 3 nitrogen and oxygen atoms in total. The van der Waals surface area contributed by atoms with Gasteiger partial charge in [-0.05, 0) is 6.42 Å². The Bertz CT molecular complexity index is 258. The van der Waals surface area contributed by atoms with Gasteiger partial charge in [-0.15, -0.1) is 0 Å². The van der Waals surface area contributed by atoms with Gasteiger partial charge in [0.1, 0.15) is 0 Å². The Labute approximate surface area is 132 Å². The lowest BCUT2D eigenvalue weighted by Gasteiger charge is -2.30. The van der Waals surface area contributed by atoms with Crippen molar-refractivity contribution in [1.82, 2.24) is 0 Å². The minimum atomic E-state index is -0.0689. The van der Waals surface area contributed by atoms with Crippen molar-refractivity contribution in [3.8, 4) is 0 Å². The molecular formula is C18H38NO2+. The number of hydrogen-bond acceptors (Lipinski definition) is 2. The highest BCUT2D eigenvalue weighted by Gasteiger charge is 2.21. The molecule has 126 valence electrons. The lowest BCUT2D eigenvalue weighted by atomic mass is 10.1. The van der Waals surface area contributed by atoms with Crippen molar-refractivity contribution in [3.05, 3.63) is 0 Å². The molecule has 0 bridgehead atoms. The maximum Gasteiger partial charge on any atom is 0.310 e. The van der Waals surface area contributed by atoms with E-state index in [0.29, 0.717) is 10.9 Å². The van der Waals surface area contributed by atoms with Crippen LogP contribution in [0.5, 0.6) is 0 Å². The number of ether oxygens (including phenoxy) is 1. The van der Waals surface area contributed by atoms with E-state index in [0.717, 1.165) is 12.8 Å². The summed E-state index contributed by atoms with van der Waals surface area (Å²) in [5.41, 5.74) is 0. The number of hydrogen-bond donors (Lipinski definition) is 0. The molecule has 0 saturated carbocycles. The van der Waals surface area contributed by atoms with Crippen LogP contribution in [0.4, 0.5) is 0 Å². The molecule has 0 aromatic heterocycles. The Morgan fingerprint density at radius 2 is 1.29 bits per heavy atom. The fourth-order valence-corrected chi connectivity index (χ4v) is 2.16. The van der Waals surface area contributed by atoms with Crippen LogP contribution in [0.2, 0.25) is 0 Å². The van der Waals surface area contributed by atoms with Crippen LogP contribution in [0.1, 0.15) is 84.5 Å². The molecule has 0 N–H and O–H groups in total. The zero-order valence-corrected chi connectivity index (χ0v) is 15.1. The summed E-state index contributed by atoms with van der Waals surface area (Å²) in [7, 11) is 6.12. The third kappa shape index (κ3) is 12.9. The molecule has 21 heavy (non-hydrogen) atoms. The summed E-state index contributed by atoms with van der Waals surface area (Å²) in [6, 6.07) is 0. The summed E-state index contributed by atoms with van der Waals surface area (Å²) in [5.74, 6) is -0.0462. The molecule has 0 aromatic rings. The van der Waals surface area contributed by atoms with Gasteiger partial charge in [0.05, 0.1) is 21.1 Å². The topological polar surface area (TPSA) is 26.3 Å². The monoisotopic (exact) mass is 300 g/mol. The lowest BCUT2D eigenvalue weighted by Crippen LogP contribution is -2.45. The van der Waals surface area contributed by atoms with Crippen molar-refractivity contribution in [1.29, 1.82) is 0 Å². The molecule has 0 aliphatic heterocycles. The normalized spacial score (nSPS) is 13.2. The fourth-order valence-electron chi connectivity index (χ4n) is 2.16. The third-order valence-corrected chi connectivity index (χ3v) is 4.13. The van der Waals surface area contributed by atoms with E-state index in [1.54, 1.807) is 0 Å². The second-order valence-corrected chi connectivity index (χ2v) is 7.14. The SMILES string of the molecule is CCCCCCCCCCCCC(=O)OC(C)[N+](C)(C)C. The van der Waals surface area contributed by atoms with Gasteiger partial charge in [-0.1, -0.05) is 64.7 Å². The van der Waals surface area contributed by atoms with Gasteiger partial charge in [-0.3, -0.25) is 9.28 Å². The van der Waals surface area contributed by atoms with E-state index >= 15 is 0 Å². The number of carbonyl (C=O) groups excluding carboxylic acids is 1. The molecule has 0 amide bonds. The van der Waals surface area contributed by atoms with E-state index in [2.05, 4.69) is 6.92 Å². The summed E-state index contributed by atoms with van der Waals surface area (Å²) in [5, 5.41) is 0. The number of quaternary nitrogens is 1. The van der Waals surface area contributed by atoms with Crippen molar-refractivity contribution in [2.24, 2.45) is 0 Å². The maximum atomic E-state index is 11.7. The molecule has 0 aliphatic carbocycles. The second-order valence-electron chi connectivity index (χ2n) is 7.14. The smallest absolute Gasteiger partial charge is 0.310 e. The molecule has 0 saturated heterocycles. The Hall–Kier alpha value is -0.570. The van der Waals surface area contributed by atoms with Crippen LogP contribution in [0, 0.1) is 0 Å². The number of unbranched alkanes of at least 4 members (excludes halogenated alkanes) is 9. The van der Waals surface area contributed by atoms with Crippen molar-refractivity contribution >= 4 is 5.97 Å². The van der Waals surface area contributed by atoms with E-state index < -0.39 is 0 Å². The van der Waals surface area contributed by atoms with Crippen LogP contribution in [0.15, 0.2) is 0 Å². The first kappa shape index (κ1) is 20.4. The second kappa shape index (κ2) is 12.0. The van der Waals surface area contributed by atoms with Crippen molar-refractivity contribution in [2.45, 2.75) is 90.7 Å². The molecule has 0 radical (unpaired) electrons. The van der Waals surface area contributed by atoms with Gasteiger partial charge >= 0.3 is 5.97 Å². The average molecular weight is 301 g/mol. The zero-order valence-electron chi connectivity index (χ0n) is 15.1. The van der Waals surface area contributed by atoms with Gasteiger partial charge < -0.3 is 4.74 Å². The van der Waals surface area contributed by atoms with Crippen molar-refractivity contribution < 1.29 is 14.0 Å². The molecule has 0 heterocycles. The highest BCUT2D eigenvalue weighted by Crippen LogP contribution is 2.12. The molecule has 0 fully saturated rings. The fraction of sp³-hybridized carbons (Fsp3) is 0.944. The van der Waals surface area contributed by atoms with Gasteiger partial charge in [0, 0.05) is 13.3 Å². The molecule has 0 rings (SSSR count).